The van der Waals surface area contributed by atoms with Gasteiger partial charge < -0.3 is 4.74 Å². The van der Waals surface area contributed by atoms with Gasteiger partial charge in [0, 0.05) is 6.07 Å². The highest BCUT2D eigenvalue weighted by Gasteiger charge is 2.06. The van der Waals surface area contributed by atoms with Crippen molar-refractivity contribution in [3.8, 4) is 17.6 Å². The van der Waals surface area contributed by atoms with Crippen LogP contribution >= 0.6 is 11.6 Å². The molecule has 0 spiro atoms. The molecule has 19 heavy (non-hydrogen) atoms. The van der Waals surface area contributed by atoms with E-state index in [9.17, 15) is 0 Å². The van der Waals surface area contributed by atoms with Crippen LogP contribution in [0.1, 0.15) is 0 Å². The monoisotopic (exact) mass is 273 g/mol. The van der Waals surface area contributed by atoms with Crippen LogP contribution in [-0.4, -0.2) is 25.0 Å². The minimum atomic E-state index is 0.195. The second-order valence-corrected chi connectivity index (χ2v) is 3.99. The number of nitrogens with zero attached hydrogens (tertiary/aromatic N) is 5. The first-order valence-electron chi connectivity index (χ1n) is 5.45. The normalized spacial score (nSPS) is 10.4. The number of benzene rings is 1. The highest BCUT2D eigenvalue weighted by molar-refractivity contribution is 6.29. The van der Waals surface area contributed by atoms with Crippen LogP contribution in [0.15, 0.2) is 48.8 Å². The average Bonchev–Trinajstić information content (AvgIpc) is 2.91. The summed E-state index contributed by atoms with van der Waals surface area (Å²) in [4.78, 5) is 4.04. The third-order valence-electron chi connectivity index (χ3n) is 2.29. The number of ether oxygens (including phenoxy) is 1. The Hall–Kier alpha value is -2.47. The average molecular weight is 274 g/mol. The predicted octanol–water partition coefficient (Wildman–Crippen LogP) is 2.50. The molecule has 3 aromatic rings. The van der Waals surface area contributed by atoms with E-state index in [4.69, 9.17) is 16.3 Å². The molecule has 2 heterocycles. The molecule has 6 nitrogen and oxygen atoms in total. The van der Waals surface area contributed by atoms with E-state index in [-0.39, 0.29) is 11.9 Å². The van der Waals surface area contributed by atoms with E-state index in [2.05, 4.69) is 20.3 Å². The molecule has 0 atom stereocenters. The van der Waals surface area contributed by atoms with Crippen LogP contribution in [0.4, 0.5) is 0 Å². The molecule has 0 bridgehead atoms. The molecule has 7 heteroatoms. The van der Waals surface area contributed by atoms with Crippen molar-refractivity contribution in [3.63, 3.8) is 0 Å². The first-order chi connectivity index (χ1) is 9.31. The number of halogens is 1. The van der Waals surface area contributed by atoms with Gasteiger partial charge in [0.2, 0.25) is 5.88 Å². The van der Waals surface area contributed by atoms with Gasteiger partial charge in [0.05, 0.1) is 5.69 Å². The zero-order valence-corrected chi connectivity index (χ0v) is 10.4. The van der Waals surface area contributed by atoms with Crippen molar-refractivity contribution in [1.29, 1.82) is 0 Å². The fourth-order valence-corrected chi connectivity index (χ4v) is 1.55. The van der Waals surface area contributed by atoms with E-state index in [1.165, 1.54) is 0 Å². The van der Waals surface area contributed by atoms with Crippen LogP contribution in [0.25, 0.3) is 5.69 Å². The Labute approximate surface area is 113 Å². The predicted molar refractivity (Wildman–Crippen MR) is 68.5 cm³/mol. The van der Waals surface area contributed by atoms with E-state index >= 15 is 0 Å². The highest BCUT2D eigenvalue weighted by Crippen LogP contribution is 2.16. The largest absolute Gasteiger partial charge is 0.402 e. The van der Waals surface area contributed by atoms with Gasteiger partial charge in [-0.25, -0.2) is 4.68 Å². The molecule has 0 saturated heterocycles. The summed E-state index contributed by atoms with van der Waals surface area (Å²) in [6, 6.07) is 13.0. The maximum atomic E-state index is 5.63. The molecule has 0 aliphatic rings. The van der Waals surface area contributed by atoms with E-state index in [0.29, 0.717) is 5.15 Å². The summed E-state index contributed by atoms with van der Waals surface area (Å²) in [6.45, 7) is 0. The summed E-state index contributed by atoms with van der Waals surface area (Å²) in [5.74, 6) is 0.287. The van der Waals surface area contributed by atoms with Crippen LogP contribution in [0.3, 0.4) is 0 Å². The fourth-order valence-electron chi connectivity index (χ4n) is 1.45. The summed E-state index contributed by atoms with van der Waals surface area (Å²) in [5.41, 5.74) is 0.895. The maximum Gasteiger partial charge on any atom is 0.342 e. The molecule has 0 fully saturated rings. The molecule has 0 unspecified atom stereocenters. The van der Waals surface area contributed by atoms with Crippen LogP contribution in [0, 0.1) is 0 Å². The number of aromatic nitrogens is 5. The molecule has 2 aromatic heterocycles. The minimum Gasteiger partial charge on any atom is -0.402 e. The second kappa shape index (κ2) is 5.03. The number of hydrogen-bond donors (Lipinski definition) is 0. The zero-order valence-electron chi connectivity index (χ0n) is 9.64. The SMILES string of the molecule is Clc1ccc(Oc2ncn(-c3ccccc3)n2)nn1. The van der Waals surface area contributed by atoms with Gasteiger partial charge in [0.15, 0.2) is 5.15 Å². The van der Waals surface area contributed by atoms with Gasteiger partial charge in [-0.1, -0.05) is 29.8 Å². The first-order valence-corrected chi connectivity index (χ1v) is 5.83. The molecule has 0 radical (unpaired) electrons. The van der Waals surface area contributed by atoms with Crippen molar-refractivity contribution in [2.75, 3.05) is 0 Å². The minimum absolute atomic E-state index is 0.195. The molecular formula is C12H8ClN5O. The highest BCUT2D eigenvalue weighted by atomic mass is 35.5. The molecule has 0 saturated carbocycles. The second-order valence-electron chi connectivity index (χ2n) is 3.60. The smallest absolute Gasteiger partial charge is 0.342 e. The van der Waals surface area contributed by atoms with Crippen molar-refractivity contribution in [1.82, 2.24) is 25.0 Å². The Kier molecular flexibility index (Phi) is 3.07. The topological polar surface area (TPSA) is 65.7 Å². The molecule has 94 valence electrons. The Morgan fingerprint density at radius 3 is 2.58 bits per heavy atom. The van der Waals surface area contributed by atoms with Crippen LogP contribution < -0.4 is 4.74 Å². The first kappa shape index (κ1) is 11.6. The lowest BCUT2D eigenvalue weighted by Crippen LogP contribution is -1.95. The summed E-state index contributed by atoms with van der Waals surface area (Å²) in [5, 5.41) is 11.9. The quantitative estimate of drug-likeness (QED) is 0.733. The van der Waals surface area contributed by atoms with Crippen molar-refractivity contribution in [2.45, 2.75) is 0 Å². The van der Waals surface area contributed by atoms with Crippen LogP contribution in [0.2, 0.25) is 5.15 Å². The standard InChI is InChI=1S/C12H8ClN5O/c13-10-6-7-11(16-15-10)19-12-14-8-18(17-12)9-4-2-1-3-5-9/h1-8H. The molecule has 0 aliphatic carbocycles. The van der Waals surface area contributed by atoms with Gasteiger partial charge in [0.1, 0.15) is 6.33 Å². The van der Waals surface area contributed by atoms with Crippen molar-refractivity contribution in [2.24, 2.45) is 0 Å². The summed E-state index contributed by atoms with van der Waals surface area (Å²) < 4.78 is 6.97. The van der Waals surface area contributed by atoms with E-state index < -0.39 is 0 Å². The molecule has 0 aliphatic heterocycles. The third kappa shape index (κ3) is 2.69. The van der Waals surface area contributed by atoms with Crippen LogP contribution in [-0.2, 0) is 0 Å². The Balaban J connectivity index is 1.80. The number of para-hydroxylation sites is 1. The van der Waals surface area contributed by atoms with Gasteiger partial charge in [0.25, 0.3) is 0 Å². The summed E-state index contributed by atoms with van der Waals surface area (Å²) in [6.07, 6.45) is 1.56. The van der Waals surface area contributed by atoms with Crippen molar-refractivity contribution < 1.29 is 4.74 Å². The number of rotatable bonds is 3. The summed E-state index contributed by atoms with van der Waals surface area (Å²) >= 11 is 5.63. The van der Waals surface area contributed by atoms with Gasteiger partial charge in [-0.15, -0.1) is 15.3 Å². The van der Waals surface area contributed by atoms with Crippen molar-refractivity contribution in [3.05, 3.63) is 53.9 Å². The van der Waals surface area contributed by atoms with Gasteiger partial charge in [-0.05, 0) is 18.2 Å². The molecular weight excluding hydrogens is 266 g/mol. The Bertz CT molecular complexity index is 668. The number of hydrogen-bond acceptors (Lipinski definition) is 5. The maximum absolute atomic E-state index is 5.63. The lowest BCUT2D eigenvalue weighted by Gasteiger charge is -1.99. The van der Waals surface area contributed by atoms with Gasteiger partial charge in [-0.2, -0.15) is 4.98 Å². The fraction of sp³-hybridized carbons (Fsp3) is 0. The molecule has 0 N–H and O–H groups in total. The zero-order chi connectivity index (χ0) is 13.1. The van der Waals surface area contributed by atoms with E-state index in [0.717, 1.165) is 5.69 Å². The Morgan fingerprint density at radius 2 is 1.84 bits per heavy atom. The molecule has 3 rings (SSSR count). The van der Waals surface area contributed by atoms with Gasteiger partial charge in [-0.3, -0.25) is 0 Å². The van der Waals surface area contributed by atoms with Gasteiger partial charge >= 0.3 is 6.01 Å². The molecule has 0 amide bonds. The molecule has 1 aromatic carbocycles. The van der Waals surface area contributed by atoms with E-state index in [1.807, 2.05) is 30.3 Å². The van der Waals surface area contributed by atoms with E-state index in [1.54, 1.807) is 23.1 Å². The van der Waals surface area contributed by atoms with Crippen molar-refractivity contribution >= 4 is 11.6 Å². The lowest BCUT2D eigenvalue weighted by atomic mass is 10.3. The Morgan fingerprint density at radius 1 is 1.00 bits per heavy atom. The lowest BCUT2D eigenvalue weighted by molar-refractivity contribution is 0.418. The third-order valence-corrected chi connectivity index (χ3v) is 2.50. The van der Waals surface area contributed by atoms with Crippen LogP contribution in [0.5, 0.6) is 11.9 Å². The summed E-state index contributed by atoms with van der Waals surface area (Å²) in [7, 11) is 0.